The Kier molecular flexibility index (Phi) is 3.59. The van der Waals surface area contributed by atoms with Crippen LogP contribution in [0.1, 0.15) is 16.7 Å². The lowest BCUT2D eigenvalue weighted by Gasteiger charge is -2.15. The number of nitrogen functional groups attached to an aromatic ring is 1. The number of hydrogen-bond acceptors (Lipinski definition) is 6. The van der Waals surface area contributed by atoms with E-state index in [4.69, 9.17) is 15.1 Å². The van der Waals surface area contributed by atoms with Crippen molar-refractivity contribution in [3.05, 3.63) is 57.2 Å². The molecule has 0 radical (unpaired) electrons. The SMILES string of the molecule is Cc1cc(O)cc(O)c1-c1ccc2oc3cc(=O)c(N)c(C)c-3nc2c1C. The number of phenolic OH excluding ortho intramolecular Hbond substituents is 2. The van der Waals surface area contributed by atoms with E-state index >= 15 is 0 Å². The minimum absolute atomic E-state index is 0.00540. The van der Waals surface area contributed by atoms with E-state index in [9.17, 15) is 15.0 Å². The Bertz CT molecular complexity index is 1230. The van der Waals surface area contributed by atoms with Crippen LogP contribution in [0.3, 0.4) is 0 Å². The van der Waals surface area contributed by atoms with Gasteiger partial charge in [0.25, 0.3) is 0 Å². The summed E-state index contributed by atoms with van der Waals surface area (Å²) in [7, 11) is 0. The van der Waals surface area contributed by atoms with Crippen molar-refractivity contribution < 1.29 is 14.6 Å². The van der Waals surface area contributed by atoms with Crippen LogP contribution in [0.2, 0.25) is 0 Å². The lowest BCUT2D eigenvalue weighted by molar-refractivity contribution is 0.451. The van der Waals surface area contributed by atoms with Gasteiger partial charge in [0.05, 0.1) is 5.69 Å². The van der Waals surface area contributed by atoms with Crippen LogP contribution < -0.4 is 11.2 Å². The molecule has 1 aliphatic carbocycles. The van der Waals surface area contributed by atoms with E-state index in [1.807, 2.05) is 19.9 Å². The number of nitrogens with two attached hydrogens (primary N) is 1. The lowest BCUT2D eigenvalue weighted by atomic mass is 9.94. The van der Waals surface area contributed by atoms with Gasteiger partial charge in [-0.3, -0.25) is 4.79 Å². The van der Waals surface area contributed by atoms with Crippen LogP contribution in [-0.2, 0) is 0 Å². The summed E-state index contributed by atoms with van der Waals surface area (Å²) in [5.74, 6) is 0.380. The maximum Gasteiger partial charge on any atom is 0.205 e. The van der Waals surface area contributed by atoms with Crippen LogP contribution in [0.25, 0.3) is 33.7 Å². The number of phenols is 2. The number of hydrogen-bond donors (Lipinski definition) is 3. The molecule has 6 nitrogen and oxygen atoms in total. The number of aromatic hydroxyl groups is 2. The van der Waals surface area contributed by atoms with Gasteiger partial charge in [0.15, 0.2) is 11.3 Å². The fourth-order valence-electron chi connectivity index (χ4n) is 3.48. The smallest absolute Gasteiger partial charge is 0.205 e. The van der Waals surface area contributed by atoms with Gasteiger partial charge in [0.2, 0.25) is 5.43 Å². The number of fused-ring (bicyclic) bond motifs is 2. The Morgan fingerprint density at radius 1 is 1.04 bits per heavy atom. The van der Waals surface area contributed by atoms with Crippen molar-refractivity contribution in [3.63, 3.8) is 0 Å². The first-order valence-corrected chi connectivity index (χ1v) is 8.44. The molecule has 4 rings (SSSR count). The average molecular weight is 362 g/mol. The molecule has 0 saturated heterocycles. The molecule has 27 heavy (non-hydrogen) atoms. The van der Waals surface area contributed by atoms with Crippen LogP contribution >= 0.6 is 0 Å². The number of anilines is 1. The number of rotatable bonds is 1. The first kappa shape index (κ1) is 16.9. The summed E-state index contributed by atoms with van der Waals surface area (Å²) in [6.07, 6.45) is 0. The highest BCUT2D eigenvalue weighted by Gasteiger charge is 2.20. The van der Waals surface area contributed by atoms with Crippen molar-refractivity contribution in [1.29, 1.82) is 0 Å². The molecule has 0 atom stereocenters. The second-order valence-corrected chi connectivity index (χ2v) is 6.72. The normalized spacial score (nSPS) is 11.4. The molecule has 0 amide bonds. The summed E-state index contributed by atoms with van der Waals surface area (Å²) in [6, 6.07) is 7.84. The van der Waals surface area contributed by atoms with Crippen molar-refractivity contribution in [2.24, 2.45) is 0 Å². The molecule has 4 N–H and O–H groups in total. The zero-order valence-corrected chi connectivity index (χ0v) is 15.1. The van der Waals surface area contributed by atoms with E-state index < -0.39 is 0 Å². The van der Waals surface area contributed by atoms with E-state index in [1.165, 1.54) is 12.1 Å². The standard InChI is InChI=1S/C21H18N2O4/c1-9-6-12(24)7-14(25)18(9)13-4-5-16-20(10(13)2)23-21-11(3)19(22)15(26)8-17(21)27-16/h4-8,24-25H,22H2,1-3H3. The Morgan fingerprint density at radius 2 is 1.78 bits per heavy atom. The summed E-state index contributed by atoms with van der Waals surface area (Å²) in [4.78, 5) is 16.6. The van der Waals surface area contributed by atoms with Gasteiger partial charge in [0, 0.05) is 23.3 Å². The number of aryl methyl sites for hydroxylation is 2. The van der Waals surface area contributed by atoms with Crippen molar-refractivity contribution in [1.82, 2.24) is 4.98 Å². The zero-order chi connectivity index (χ0) is 19.5. The average Bonchev–Trinajstić information content (AvgIpc) is 2.60. The van der Waals surface area contributed by atoms with Gasteiger partial charge >= 0.3 is 0 Å². The largest absolute Gasteiger partial charge is 0.508 e. The molecule has 1 aliphatic heterocycles. The van der Waals surface area contributed by atoms with Gasteiger partial charge in [-0.2, -0.15) is 0 Å². The van der Waals surface area contributed by atoms with Crippen molar-refractivity contribution >= 4 is 16.8 Å². The van der Waals surface area contributed by atoms with Gasteiger partial charge in [0.1, 0.15) is 22.7 Å². The molecular formula is C21H18N2O4. The molecule has 136 valence electrons. The number of aromatic nitrogens is 1. The highest BCUT2D eigenvalue weighted by Crippen LogP contribution is 2.40. The first-order chi connectivity index (χ1) is 12.8. The minimum Gasteiger partial charge on any atom is -0.508 e. The molecule has 0 bridgehead atoms. The van der Waals surface area contributed by atoms with E-state index in [2.05, 4.69) is 0 Å². The first-order valence-electron chi connectivity index (χ1n) is 8.44. The molecule has 0 fully saturated rings. The second-order valence-electron chi connectivity index (χ2n) is 6.72. The van der Waals surface area contributed by atoms with E-state index in [1.54, 1.807) is 19.1 Å². The zero-order valence-electron chi connectivity index (χ0n) is 15.1. The van der Waals surface area contributed by atoms with Crippen LogP contribution in [0.15, 0.2) is 39.5 Å². The molecule has 0 aromatic heterocycles. The summed E-state index contributed by atoms with van der Waals surface area (Å²) < 4.78 is 5.89. The molecule has 2 aromatic carbocycles. The maximum atomic E-state index is 11.9. The van der Waals surface area contributed by atoms with Gasteiger partial charge in [-0.1, -0.05) is 6.07 Å². The van der Waals surface area contributed by atoms with Crippen LogP contribution in [0.5, 0.6) is 11.5 Å². The Hall–Kier alpha value is -3.54. The predicted octanol–water partition coefficient (Wildman–Crippen LogP) is 3.88. The number of nitrogens with zero attached hydrogens (tertiary/aromatic N) is 1. The van der Waals surface area contributed by atoms with Crippen LogP contribution in [0, 0.1) is 20.8 Å². The minimum atomic E-state index is -0.289. The molecule has 2 aromatic rings. The summed E-state index contributed by atoms with van der Waals surface area (Å²) in [6.45, 7) is 5.44. The van der Waals surface area contributed by atoms with E-state index in [0.717, 1.165) is 16.7 Å². The Labute approximate surface area is 154 Å². The molecule has 0 saturated carbocycles. The summed E-state index contributed by atoms with van der Waals surface area (Å²) in [5.41, 5.74) is 10.9. The Morgan fingerprint density at radius 3 is 2.48 bits per heavy atom. The van der Waals surface area contributed by atoms with Gasteiger partial charge in [-0.25, -0.2) is 4.98 Å². The van der Waals surface area contributed by atoms with Crippen molar-refractivity contribution in [2.45, 2.75) is 20.8 Å². The maximum absolute atomic E-state index is 11.9. The molecular weight excluding hydrogens is 344 g/mol. The fourth-order valence-corrected chi connectivity index (χ4v) is 3.48. The summed E-state index contributed by atoms with van der Waals surface area (Å²) >= 11 is 0. The second kappa shape index (κ2) is 5.74. The molecule has 1 heterocycles. The van der Waals surface area contributed by atoms with E-state index in [-0.39, 0.29) is 22.6 Å². The lowest BCUT2D eigenvalue weighted by Crippen LogP contribution is -2.11. The highest BCUT2D eigenvalue weighted by atomic mass is 16.3. The quantitative estimate of drug-likeness (QED) is 0.350. The molecule has 2 aliphatic rings. The fraction of sp³-hybridized carbons (Fsp3) is 0.143. The van der Waals surface area contributed by atoms with Crippen LogP contribution in [0.4, 0.5) is 5.69 Å². The van der Waals surface area contributed by atoms with Gasteiger partial charge < -0.3 is 20.4 Å². The molecule has 0 unspecified atom stereocenters. The van der Waals surface area contributed by atoms with Gasteiger partial charge in [-0.15, -0.1) is 0 Å². The van der Waals surface area contributed by atoms with Crippen molar-refractivity contribution in [2.75, 3.05) is 5.73 Å². The third kappa shape index (κ3) is 2.49. The molecule has 0 spiro atoms. The monoisotopic (exact) mass is 362 g/mol. The van der Waals surface area contributed by atoms with Gasteiger partial charge in [-0.05, 0) is 49.6 Å². The summed E-state index contributed by atoms with van der Waals surface area (Å²) in [5, 5.41) is 20.0. The van der Waals surface area contributed by atoms with Crippen molar-refractivity contribution in [3.8, 4) is 34.1 Å². The highest BCUT2D eigenvalue weighted by molar-refractivity contribution is 5.90. The third-order valence-corrected chi connectivity index (χ3v) is 4.93. The third-order valence-electron chi connectivity index (χ3n) is 4.93. The topological polar surface area (TPSA) is 110 Å². The predicted molar refractivity (Wildman–Crippen MR) is 104 cm³/mol. The molecule has 6 heteroatoms. The Balaban J connectivity index is 2.07. The number of benzene rings is 3. The van der Waals surface area contributed by atoms with Crippen LogP contribution in [-0.4, -0.2) is 15.2 Å². The van der Waals surface area contributed by atoms with E-state index in [0.29, 0.717) is 33.7 Å².